The maximum Gasteiger partial charge on any atom is 0.293 e. The van der Waals surface area contributed by atoms with E-state index >= 15 is 0 Å². The standard InChI is InChI=1S/C8H7NO3.ClH/c10-7-8(11)12-6-4-2-1-3-5(6)9-7;/h1-4,8,11H,(H,9,10);1H. The lowest BCUT2D eigenvalue weighted by Gasteiger charge is -2.21. The minimum atomic E-state index is -1.39. The number of nitrogens with one attached hydrogen (secondary N) is 1. The number of hydrogen-bond donors (Lipinski definition) is 2. The smallest absolute Gasteiger partial charge is 0.293 e. The highest BCUT2D eigenvalue weighted by Gasteiger charge is 2.24. The molecule has 0 spiro atoms. The molecule has 4 nitrogen and oxygen atoms in total. The second kappa shape index (κ2) is 3.64. The summed E-state index contributed by atoms with van der Waals surface area (Å²) >= 11 is 0. The average Bonchev–Trinajstić information content (AvgIpc) is 2.07. The lowest BCUT2D eigenvalue weighted by atomic mass is 10.2. The molecule has 1 amide bonds. The van der Waals surface area contributed by atoms with E-state index in [0.29, 0.717) is 11.4 Å². The number of rotatable bonds is 0. The van der Waals surface area contributed by atoms with Gasteiger partial charge < -0.3 is 15.2 Å². The minimum absolute atomic E-state index is 0. The Bertz CT molecular complexity index is 329. The Morgan fingerprint density at radius 1 is 1.38 bits per heavy atom. The van der Waals surface area contributed by atoms with E-state index in [1.165, 1.54) is 0 Å². The number of halogens is 1. The quantitative estimate of drug-likeness (QED) is 0.652. The van der Waals surface area contributed by atoms with Gasteiger partial charge in [-0.15, -0.1) is 12.4 Å². The molecule has 0 saturated carbocycles. The van der Waals surface area contributed by atoms with Gasteiger partial charge >= 0.3 is 0 Å². The zero-order chi connectivity index (χ0) is 8.55. The van der Waals surface area contributed by atoms with Gasteiger partial charge in [0.25, 0.3) is 12.2 Å². The summed E-state index contributed by atoms with van der Waals surface area (Å²) in [5, 5.41) is 11.5. The van der Waals surface area contributed by atoms with E-state index in [1.807, 2.05) is 0 Å². The number of aliphatic hydroxyl groups excluding tert-OH is 1. The molecule has 1 aromatic carbocycles. The number of benzene rings is 1. The van der Waals surface area contributed by atoms with E-state index in [1.54, 1.807) is 24.3 Å². The maximum absolute atomic E-state index is 10.9. The van der Waals surface area contributed by atoms with Crippen LogP contribution in [0.2, 0.25) is 0 Å². The molecule has 2 N–H and O–H groups in total. The predicted molar refractivity (Wildman–Crippen MR) is 49.0 cm³/mol. The first-order chi connectivity index (χ1) is 5.77. The molecule has 1 aromatic rings. The molecule has 5 heteroatoms. The zero-order valence-corrected chi connectivity index (χ0v) is 7.38. The van der Waals surface area contributed by atoms with Crippen LogP contribution in [0.5, 0.6) is 5.75 Å². The Morgan fingerprint density at radius 2 is 2.08 bits per heavy atom. The van der Waals surface area contributed by atoms with Crippen LogP contribution in [0.1, 0.15) is 0 Å². The Morgan fingerprint density at radius 3 is 2.85 bits per heavy atom. The highest BCUT2D eigenvalue weighted by molar-refractivity contribution is 5.96. The van der Waals surface area contributed by atoms with E-state index in [9.17, 15) is 4.79 Å². The minimum Gasteiger partial charge on any atom is -0.453 e. The van der Waals surface area contributed by atoms with Crippen molar-refractivity contribution in [3.8, 4) is 5.75 Å². The molecular formula is C8H8ClNO3. The fraction of sp³-hybridized carbons (Fsp3) is 0.125. The van der Waals surface area contributed by atoms with Gasteiger partial charge in [-0.2, -0.15) is 0 Å². The second-order valence-electron chi connectivity index (χ2n) is 2.46. The molecule has 2 rings (SSSR count). The van der Waals surface area contributed by atoms with Crippen molar-refractivity contribution in [1.29, 1.82) is 0 Å². The van der Waals surface area contributed by atoms with Gasteiger partial charge in [0.05, 0.1) is 5.69 Å². The largest absolute Gasteiger partial charge is 0.453 e. The number of anilines is 1. The predicted octanol–water partition coefficient (Wildman–Crippen LogP) is 0.758. The van der Waals surface area contributed by atoms with Crippen molar-refractivity contribution in [3.63, 3.8) is 0 Å². The molecule has 0 saturated heterocycles. The molecule has 1 aliphatic heterocycles. The SMILES string of the molecule is Cl.O=C1Nc2ccccc2OC1O. The van der Waals surface area contributed by atoms with Gasteiger partial charge in [0, 0.05) is 0 Å². The monoisotopic (exact) mass is 201 g/mol. The van der Waals surface area contributed by atoms with E-state index in [4.69, 9.17) is 9.84 Å². The number of para-hydroxylation sites is 2. The summed E-state index contributed by atoms with van der Waals surface area (Å²) in [7, 11) is 0. The van der Waals surface area contributed by atoms with Gasteiger partial charge in [-0.1, -0.05) is 12.1 Å². The topological polar surface area (TPSA) is 58.6 Å². The second-order valence-corrected chi connectivity index (χ2v) is 2.46. The lowest BCUT2D eigenvalue weighted by molar-refractivity contribution is -0.139. The van der Waals surface area contributed by atoms with Crippen molar-refractivity contribution < 1.29 is 14.6 Å². The molecule has 0 aliphatic carbocycles. The van der Waals surface area contributed by atoms with E-state index < -0.39 is 12.2 Å². The molecule has 0 bridgehead atoms. The number of aliphatic hydroxyl groups is 1. The molecule has 1 aliphatic rings. The maximum atomic E-state index is 10.9. The van der Waals surface area contributed by atoms with Crippen molar-refractivity contribution in [2.24, 2.45) is 0 Å². The summed E-state index contributed by atoms with van der Waals surface area (Å²) in [4.78, 5) is 10.9. The zero-order valence-electron chi connectivity index (χ0n) is 6.56. The molecule has 0 fully saturated rings. The van der Waals surface area contributed by atoms with Crippen LogP contribution in [0.3, 0.4) is 0 Å². The fourth-order valence-corrected chi connectivity index (χ4v) is 1.04. The first-order valence-electron chi connectivity index (χ1n) is 3.52. The van der Waals surface area contributed by atoms with Crippen LogP contribution >= 0.6 is 12.4 Å². The summed E-state index contributed by atoms with van der Waals surface area (Å²) in [5.74, 6) is -0.0432. The van der Waals surface area contributed by atoms with Gasteiger partial charge in [-0.3, -0.25) is 4.79 Å². The van der Waals surface area contributed by atoms with Crippen LogP contribution in [-0.2, 0) is 4.79 Å². The van der Waals surface area contributed by atoms with Crippen LogP contribution in [0.15, 0.2) is 24.3 Å². The molecule has 1 unspecified atom stereocenters. The first-order valence-corrected chi connectivity index (χ1v) is 3.52. The van der Waals surface area contributed by atoms with E-state index in [-0.39, 0.29) is 12.4 Å². The van der Waals surface area contributed by atoms with Gasteiger partial charge in [0.1, 0.15) is 5.75 Å². The summed E-state index contributed by atoms with van der Waals surface area (Å²) in [6, 6.07) is 6.93. The van der Waals surface area contributed by atoms with E-state index in [2.05, 4.69) is 5.32 Å². The highest BCUT2D eigenvalue weighted by atomic mass is 35.5. The molecule has 1 heterocycles. The Kier molecular flexibility index (Phi) is 2.75. The normalized spacial score (nSPS) is 19.2. The van der Waals surface area contributed by atoms with Gasteiger partial charge in [-0.05, 0) is 12.1 Å². The third-order valence-corrected chi connectivity index (χ3v) is 1.61. The number of ether oxygens (including phenoxy) is 1. The Labute approximate surface area is 80.9 Å². The van der Waals surface area contributed by atoms with Crippen LogP contribution < -0.4 is 10.1 Å². The molecule has 0 aromatic heterocycles. The van der Waals surface area contributed by atoms with Crippen molar-refractivity contribution in [3.05, 3.63) is 24.3 Å². The van der Waals surface area contributed by atoms with Crippen molar-refractivity contribution >= 4 is 24.0 Å². The summed E-state index contributed by atoms with van der Waals surface area (Å²) in [6.07, 6.45) is -1.39. The van der Waals surface area contributed by atoms with Gasteiger partial charge in [-0.25, -0.2) is 0 Å². The van der Waals surface area contributed by atoms with Crippen LogP contribution in [-0.4, -0.2) is 17.3 Å². The highest BCUT2D eigenvalue weighted by Crippen LogP contribution is 2.27. The molecule has 0 radical (unpaired) electrons. The molecule has 13 heavy (non-hydrogen) atoms. The molecule has 1 atom stereocenters. The van der Waals surface area contributed by atoms with Gasteiger partial charge in [0.2, 0.25) is 0 Å². The molecule has 70 valence electrons. The number of amides is 1. The van der Waals surface area contributed by atoms with E-state index in [0.717, 1.165) is 0 Å². The lowest BCUT2D eigenvalue weighted by Crippen LogP contribution is -2.36. The number of carbonyl (C=O) groups is 1. The summed E-state index contributed by atoms with van der Waals surface area (Å²) in [5.41, 5.74) is 0.591. The van der Waals surface area contributed by atoms with Crippen LogP contribution in [0, 0.1) is 0 Å². The third-order valence-electron chi connectivity index (χ3n) is 1.61. The number of hydrogen-bond acceptors (Lipinski definition) is 3. The average molecular weight is 202 g/mol. The third kappa shape index (κ3) is 1.74. The van der Waals surface area contributed by atoms with Crippen LogP contribution in [0.4, 0.5) is 5.69 Å². The fourth-order valence-electron chi connectivity index (χ4n) is 1.04. The number of carbonyl (C=O) groups excluding carboxylic acids is 1. The first kappa shape index (κ1) is 9.83. The van der Waals surface area contributed by atoms with Crippen molar-refractivity contribution in [2.75, 3.05) is 5.32 Å². The van der Waals surface area contributed by atoms with Gasteiger partial charge in [0.15, 0.2) is 0 Å². The van der Waals surface area contributed by atoms with Crippen LogP contribution in [0.25, 0.3) is 0 Å². The van der Waals surface area contributed by atoms with Crippen molar-refractivity contribution in [1.82, 2.24) is 0 Å². The van der Waals surface area contributed by atoms with Crippen molar-refractivity contribution in [2.45, 2.75) is 6.29 Å². The summed E-state index contributed by atoms with van der Waals surface area (Å²) < 4.78 is 4.89. The number of fused-ring (bicyclic) bond motifs is 1. The Hall–Kier alpha value is -1.26. The Balaban J connectivity index is 0.000000845. The summed E-state index contributed by atoms with van der Waals surface area (Å²) in [6.45, 7) is 0. The molecular weight excluding hydrogens is 194 g/mol.